The average molecular weight is 310 g/mol. The van der Waals surface area contributed by atoms with Crippen molar-refractivity contribution in [1.29, 1.82) is 0 Å². The lowest BCUT2D eigenvalue weighted by molar-refractivity contribution is -0.114. The largest absolute Gasteiger partial charge is 0.376 e. The number of anilines is 2. The van der Waals surface area contributed by atoms with E-state index in [1.54, 1.807) is 0 Å². The van der Waals surface area contributed by atoms with Crippen molar-refractivity contribution in [3.05, 3.63) is 58.7 Å². The highest BCUT2D eigenvalue weighted by Crippen LogP contribution is 2.22. The van der Waals surface area contributed by atoms with Gasteiger partial charge in [-0.05, 0) is 61.1 Å². The molecule has 3 heteroatoms. The summed E-state index contributed by atoms with van der Waals surface area (Å²) in [4.78, 5) is 12.3. The molecule has 1 amide bonds. The first-order valence-corrected chi connectivity index (χ1v) is 8.26. The first-order chi connectivity index (χ1) is 11.0. The summed E-state index contributed by atoms with van der Waals surface area (Å²) in [5.41, 5.74) is 6.71. The Labute approximate surface area is 139 Å². The number of amides is 1. The summed E-state index contributed by atoms with van der Waals surface area (Å²) < 4.78 is 0. The Bertz CT molecular complexity index is 650. The van der Waals surface area contributed by atoms with Gasteiger partial charge in [-0.1, -0.05) is 38.1 Å². The maximum absolute atomic E-state index is 12.3. The molecule has 0 fully saturated rings. The maximum atomic E-state index is 12.3. The fraction of sp³-hybridized carbons (Fsp3) is 0.350. The Kier molecular flexibility index (Phi) is 5.80. The van der Waals surface area contributed by atoms with Crippen molar-refractivity contribution in [1.82, 2.24) is 0 Å². The summed E-state index contributed by atoms with van der Waals surface area (Å²) >= 11 is 0. The number of rotatable bonds is 6. The summed E-state index contributed by atoms with van der Waals surface area (Å²) in [5, 5.41) is 6.29. The highest BCUT2D eigenvalue weighted by molar-refractivity contribution is 5.95. The summed E-state index contributed by atoms with van der Waals surface area (Å²) in [5.74, 6) is -0.0141. The molecule has 0 saturated heterocycles. The second kappa shape index (κ2) is 7.82. The van der Waals surface area contributed by atoms with Gasteiger partial charge in [0, 0.05) is 11.4 Å². The lowest BCUT2D eigenvalue weighted by Gasteiger charge is -2.15. The molecule has 0 heterocycles. The fourth-order valence-electron chi connectivity index (χ4n) is 2.85. The minimum absolute atomic E-state index is 0.0141. The zero-order chi connectivity index (χ0) is 16.8. The van der Waals surface area contributed by atoms with Crippen LogP contribution in [0.5, 0.6) is 0 Å². The van der Waals surface area contributed by atoms with Gasteiger partial charge in [0.2, 0.25) is 5.91 Å². The van der Waals surface area contributed by atoms with E-state index in [-0.39, 0.29) is 12.5 Å². The Morgan fingerprint density at radius 2 is 1.52 bits per heavy atom. The molecule has 2 rings (SSSR count). The summed E-state index contributed by atoms with van der Waals surface area (Å²) in [6, 6.07) is 12.4. The third kappa shape index (κ3) is 4.59. The molecule has 0 aliphatic rings. The van der Waals surface area contributed by atoms with Gasteiger partial charge >= 0.3 is 0 Å². The zero-order valence-electron chi connectivity index (χ0n) is 14.5. The smallest absolute Gasteiger partial charge is 0.243 e. The molecular formula is C20H26N2O. The molecular weight excluding hydrogens is 284 g/mol. The van der Waals surface area contributed by atoms with E-state index in [4.69, 9.17) is 0 Å². The first-order valence-electron chi connectivity index (χ1n) is 8.26. The van der Waals surface area contributed by atoms with E-state index in [9.17, 15) is 4.79 Å². The minimum atomic E-state index is -0.0141. The number of benzene rings is 2. The third-order valence-corrected chi connectivity index (χ3v) is 3.94. The van der Waals surface area contributed by atoms with Gasteiger partial charge in [0.05, 0.1) is 6.54 Å². The van der Waals surface area contributed by atoms with Gasteiger partial charge in [-0.2, -0.15) is 0 Å². The molecule has 0 aliphatic heterocycles. The fourth-order valence-corrected chi connectivity index (χ4v) is 2.85. The number of aryl methyl sites for hydroxylation is 4. The van der Waals surface area contributed by atoms with Crippen LogP contribution in [0.3, 0.4) is 0 Å². The average Bonchev–Trinajstić information content (AvgIpc) is 2.52. The predicted octanol–water partition coefficient (Wildman–Crippen LogP) is 4.48. The van der Waals surface area contributed by atoms with Crippen molar-refractivity contribution in [2.24, 2.45) is 0 Å². The Hall–Kier alpha value is -2.29. The van der Waals surface area contributed by atoms with E-state index < -0.39 is 0 Å². The Balaban J connectivity index is 2.05. The summed E-state index contributed by atoms with van der Waals surface area (Å²) in [7, 11) is 0. The van der Waals surface area contributed by atoms with Gasteiger partial charge in [-0.25, -0.2) is 0 Å². The minimum Gasteiger partial charge on any atom is -0.376 e. The first kappa shape index (κ1) is 17.1. The van der Waals surface area contributed by atoms with Gasteiger partial charge in [-0.15, -0.1) is 0 Å². The van der Waals surface area contributed by atoms with Crippen molar-refractivity contribution in [3.63, 3.8) is 0 Å². The molecule has 0 saturated carbocycles. The topological polar surface area (TPSA) is 41.1 Å². The normalized spacial score (nSPS) is 10.4. The third-order valence-electron chi connectivity index (χ3n) is 3.94. The van der Waals surface area contributed by atoms with Crippen molar-refractivity contribution in [2.75, 3.05) is 17.2 Å². The number of carbonyl (C=O) groups excluding carboxylic acids is 1. The summed E-state index contributed by atoms with van der Waals surface area (Å²) in [6.45, 7) is 8.60. The molecule has 0 unspecified atom stereocenters. The Morgan fingerprint density at radius 1 is 0.957 bits per heavy atom. The van der Waals surface area contributed by atoms with Crippen molar-refractivity contribution in [2.45, 2.75) is 40.5 Å². The molecule has 0 radical (unpaired) electrons. The van der Waals surface area contributed by atoms with Crippen LogP contribution in [0.2, 0.25) is 0 Å². The van der Waals surface area contributed by atoms with Gasteiger partial charge in [-0.3, -0.25) is 4.79 Å². The van der Waals surface area contributed by atoms with Crippen LogP contribution in [0, 0.1) is 13.8 Å². The van der Waals surface area contributed by atoms with Crippen LogP contribution in [0.15, 0.2) is 36.4 Å². The van der Waals surface area contributed by atoms with Crippen LogP contribution in [-0.2, 0) is 17.6 Å². The predicted molar refractivity (Wildman–Crippen MR) is 98.2 cm³/mol. The van der Waals surface area contributed by atoms with Crippen molar-refractivity contribution in [3.8, 4) is 0 Å². The Morgan fingerprint density at radius 3 is 2.04 bits per heavy atom. The van der Waals surface area contributed by atoms with E-state index in [1.165, 1.54) is 22.3 Å². The molecule has 0 bridgehead atoms. The van der Waals surface area contributed by atoms with Gasteiger partial charge in [0.1, 0.15) is 0 Å². The second-order valence-corrected chi connectivity index (χ2v) is 5.94. The second-order valence-electron chi connectivity index (χ2n) is 5.94. The van der Waals surface area contributed by atoms with Crippen LogP contribution in [0.25, 0.3) is 0 Å². The molecule has 2 N–H and O–H groups in total. The molecule has 2 aromatic rings. The molecule has 0 aromatic heterocycles. The standard InChI is InChI=1S/C20H26N2O/c1-5-16-8-7-9-17(6-2)20(16)22-19(23)13-21-18-11-14(3)10-15(4)12-18/h7-12,21H,5-6,13H2,1-4H3,(H,22,23). The molecule has 0 aliphatic carbocycles. The van der Waals surface area contributed by atoms with Gasteiger partial charge in [0.25, 0.3) is 0 Å². The van der Waals surface area contributed by atoms with Crippen molar-refractivity contribution >= 4 is 17.3 Å². The SMILES string of the molecule is CCc1cccc(CC)c1NC(=O)CNc1cc(C)cc(C)c1. The van der Waals surface area contributed by atoms with Crippen LogP contribution >= 0.6 is 0 Å². The van der Waals surface area contributed by atoms with E-state index in [0.29, 0.717) is 0 Å². The quantitative estimate of drug-likeness (QED) is 0.826. The monoisotopic (exact) mass is 310 g/mol. The highest BCUT2D eigenvalue weighted by atomic mass is 16.1. The molecule has 23 heavy (non-hydrogen) atoms. The number of hydrogen-bond acceptors (Lipinski definition) is 2. The molecule has 2 aromatic carbocycles. The zero-order valence-corrected chi connectivity index (χ0v) is 14.5. The number of nitrogens with one attached hydrogen (secondary N) is 2. The van der Waals surface area contributed by atoms with Crippen LogP contribution in [0.1, 0.15) is 36.1 Å². The van der Waals surface area contributed by atoms with E-state index >= 15 is 0 Å². The molecule has 3 nitrogen and oxygen atoms in total. The van der Waals surface area contributed by atoms with Crippen LogP contribution in [-0.4, -0.2) is 12.5 Å². The number of carbonyl (C=O) groups is 1. The molecule has 122 valence electrons. The number of para-hydroxylation sites is 1. The highest BCUT2D eigenvalue weighted by Gasteiger charge is 2.10. The van der Waals surface area contributed by atoms with Crippen LogP contribution in [0.4, 0.5) is 11.4 Å². The van der Waals surface area contributed by atoms with E-state index in [1.807, 2.05) is 0 Å². The van der Waals surface area contributed by atoms with Crippen LogP contribution < -0.4 is 10.6 Å². The molecule has 0 atom stereocenters. The lowest BCUT2D eigenvalue weighted by Crippen LogP contribution is -2.23. The summed E-state index contributed by atoms with van der Waals surface area (Å²) in [6.07, 6.45) is 1.82. The molecule has 0 spiro atoms. The lowest BCUT2D eigenvalue weighted by atomic mass is 10.0. The maximum Gasteiger partial charge on any atom is 0.243 e. The number of hydrogen-bond donors (Lipinski definition) is 2. The van der Waals surface area contributed by atoms with Crippen molar-refractivity contribution < 1.29 is 4.79 Å². The van der Waals surface area contributed by atoms with Gasteiger partial charge < -0.3 is 10.6 Å². The van der Waals surface area contributed by atoms with E-state index in [2.05, 4.69) is 74.7 Å². The van der Waals surface area contributed by atoms with E-state index in [0.717, 1.165) is 24.2 Å². The van der Waals surface area contributed by atoms with Gasteiger partial charge in [0.15, 0.2) is 0 Å².